The van der Waals surface area contributed by atoms with Gasteiger partial charge in [0.2, 0.25) is 0 Å². The molecule has 1 heterocycles. The number of carbonyl (C=O) groups is 4. The molecular weight excluding hydrogens is 662 g/mol. The van der Waals surface area contributed by atoms with Gasteiger partial charge in [0.1, 0.15) is 24.0 Å². The highest BCUT2D eigenvalue weighted by atomic mass is 79.9. The third-order valence-electron chi connectivity index (χ3n) is 7.69. The van der Waals surface area contributed by atoms with Gasteiger partial charge in [-0.3, -0.25) is 9.59 Å². The summed E-state index contributed by atoms with van der Waals surface area (Å²) in [6, 6.07) is 2.64. The van der Waals surface area contributed by atoms with Crippen LogP contribution in [0.4, 0.5) is 4.79 Å². The lowest BCUT2D eigenvalue weighted by atomic mass is 10.0. The maximum atomic E-state index is 12.5. The molecule has 0 unspecified atom stereocenters. The van der Waals surface area contributed by atoms with Crippen molar-refractivity contribution in [3.8, 4) is 5.75 Å². The Balaban J connectivity index is 1.75. The van der Waals surface area contributed by atoms with Crippen LogP contribution in [0.3, 0.4) is 0 Å². The highest BCUT2D eigenvalue weighted by Gasteiger charge is 2.22. The summed E-state index contributed by atoms with van der Waals surface area (Å²) in [7, 11) is 0. The zero-order valence-electron chi connectivity index (χ0n) is 26.8. The number of esters is 1. The molecule has 11 nitrogen and oxygen atoms in total. The van der Waals surface area contributed by atoms with E-state index in [4.69, 9.17) is 19.0 Å². The normalized spacial score (nSPS) is 11.7. The third-order valence-corrected chi connectivity index (χ3v) is 8.31. The zero-order chi connectivity index (χ0) is 33.7. The van der Waals surface area contributed by atoms with Gasteiger partial charge in [-0.2, -0.15) is 0 Å². The number of amides is 1. The number of nitrogens with one attached hydrogen (secondary N) is 1. The zero-order valence-corrected chi connectivity index (χ0v) is 28.4. The number of ether oxygens (including phenoxy) is 2. The van der Waals surface area contributed by atoms with Gasteiger partial charge in [0.15, 0.2) is 0 Å². The van der Waals surface area contributed by atoms with Crippen molar-refractivity contribution >= 4 is 50.9 Å². The molecule has 0 radical (unpaired) electrons. The number of alkyl carbamates (subject to hydrolysis) is 1. The summed E-state index contributed by atoms with van der Waals surface area (Å²) < 4.78 is 16.3. The number of carbonyl (C=O) groups excluding carboxylic acids is 2. The average Bonchev–Trinajstić information content (AvgIpc) is 3.00. The van der Waals surface area contributed by atoms with Crippen LogP contribution in [0, 0.1) is 0 Å². The minimum atomic E-state index is -1.46. The number of unbranched alkanes of at least 4 members (excludes halogenated alkanes) is 14. The largest absolute Gasteiger partial charge is 0.481 e. The summed E-state index contributed by atoms with van der Waals surface area (Å²) in [4.78, 5) is 58.9. The average molecular weight is 711 g/mol. The van der Waals surface area contributed by atoms with E-state index in [1.807, 2.05) is 0 Å². The number of fused-ring (bicyclic) bond motifs is 1. The van der Waals surface area contributed by atoms with Crippen molar-refractivity contribution < 1.29 is 43.3 Å². The van der Waals surface area contributed by atoms with E-state index in [1.54, 1.807) is 6.07 Å². The second-order valence-electron chi connectivity index (χ2n) is 11.6. The first kappa shape index (κ1) is 38.8. The van der Waals surface area contributed by atoms with Gasteiger partial charge in [-0.15, -0.1) is 0 Å². The number of carboxylic acid groups (broad SMARTS) is 2. The SMILES string of the molecule is CCCCCCCCCCCCCCCCCC(=O)Oc1cc2oc(=O)cc(COC(=O)N[C@@H](CCC(=O)O)C(=O)O)c2cc1Br. The Morgan fingerprint density at radius 2 is 1.39 bits per heavy atom. The standard InChI is InChI=1S/C34H48BrNO10/c1-2-3-4-5-6-7-8-9-10-11-12-13-14-15-16-17-31(39)46-29-22-28-25(21-26(29)35)24(20-32(40)45-28)23-44-34(43)36-27(33(41)42)18-19-30(37)38/h20-22,27H,2-19,23H2,1H3,(H,36,43)(H,37,38)(H,41,42)/t27-/m0/s1. The van der Waals surface area contributed by atoms with Crippen LogP contribution in [0.2, 0.25) is 0 Å². The second kappa shape index (κ2) is 22.2. The van der Waals surface area contributed by atoms with Gasteiger partial charge in [0.25, 0.3) is 0 Å². The number of rotatable bonds is 24. The molecule has 3 N–H and O–H groups in total. The molecular formula is C34H48BrNO10. The summed E-state index contributed by atoms with van der Waals surface area (Å²) >= 11 is 3.38. The smallest absolute Gasteiger partial charge is 0.408 e. The van der Waals surface area contributed by atoms with E-state index in [0.717, 1.165) is 25.3 Å². The van der Waals surface area contributed by atoms with Crippen LogP contribution in [-0.4, -0.2) is 40.3 Å². The molecule has 0 fully saturated rings. The van der Waals surface area contributed by atoms with Crippen molar-refractivity contribution in [1.82, 2.24) is 5.32 Å². The maximum Gasteiger partial charge on any atom is 0.408 e. The Hall–Kier alpha value is -3.41. The van der Waals surface area contributed by atoms with Crippen LogP contribution < -0.4 is 15.7 Å². The van der Waals surface area contributed by atoms with Gasteiger partial charge >= 0.3 is 29.6 Å². The number of hydrogen-bond donors (Lipinski definition) is 3. The van der Waals surface area contributed by atoms with E-state index >= 15 is 0 Å². The van der Waals surface area contributed by atoms with Crippen molar-refractivity contribution in [2.24, 2.45) is 0 Å². The molecule has 2 aromatic rings. The Morgan fingerprint density at radius 3 is 1.93 bits per heavy atom. The first-order chi connectivity index (χ1) is 22.1. The monoisotopic (exact) mass is 709 g/mol. The van der Waals surface area contributed by atoms with Crippen LogP contribution in [0.5, 0.6) is 5.75 Å². The van der Waals surface area contributed by atoms with Gasteiger partial charge in [-0.1, -0.05) is 96.8 Å². The van der Waals surface area contributed by atoms with E-state index in [2.05, 4.69) is 28.2 Å². The Morgan fingerprint density at radius 1 is 0.826 bits per heavy atom. The Labute approximate surface area is 278 Å². The molecule has 0 aliphatic heterocycles. The van der Waals surface area contributed by atoms with Gasteiger partial charge < -0.3 is 29.4 Å². The van der Waals surface area contributed by atoms with Gasteiger partial charge in [0.05, 0.1) is 4.47 Å². The Kier molecular flexibility index (Phi) is 18.7. The first-order valence-corrected chi connectivity index (χ1v) is 17.2. The van der Waals surface area contributed by atoms with Crippen molar-refractivity contribution in [3.05, 3.63) is 38.7 Å². The number of halogens is 1. The lowest BCUT2D eigenvalue weighted by Crippen LogP contribution is -2.41. The molecule has 1 aromatic heterocycles. The van der Waals surface area contributed by atoms with E-state index in [9.17, 15) is 29.1 Å². The van der Waals surface area contributed by atoms with Crippen LogP contribution in [0.1, 0.15) is 128 Å². The summed E-state index contributed by atoms with van der Waals surface area (Å²) in [5.41, 5.74) is -0.349. The predicted octanol–water partition coefficient (Wildman–Crippen LogP) is 8.27. The number of benzene rings is 1. The quantitative estimate of drug-likeness (QED) is 0.0417. The highest BCUT2D eigenvalue weighted by Crippen LogP contribution is 2.32. The lowest BCUT2D eigenvalue weighted by Gasteiger charge is -2.14. The van der Waals surface area contributed by atoms with Crippen LogP contribution in [-0.2, 0) is 25.7 Å². The van der Waals surface area contributed by atoms with E-state index in [1.165, 1.54) is 83.1 Å². The van der Waals surface area contributed by atoms with Crippen molar-refractivity contribution in [2.75, 3.05) is 0 Å². The lowest BCUT2D eigenvalue weighted by molar-refractivity contribution is -0.140. The fraction of sp³-hybridized carbons (Fsp3) is 0.618. The molecule has 2 rings (SSSR count). The maximum absolute atomic E-state index is 12.5. The predicted molar refractivity (Wildman–Crippen MR) is 177 cm³/mol. The molecule has 12 heteroatoms. The molecule has 46 heavy (non-hydrogen) atoms. The molecule has 0 bridgehead atoms. The molecule has 1 aromatic carbocycles. The Bertz CT molecular complexity index is 1320. The van der Waals surface area contributed by atoms with Crippen molar-refractivity contribution in [2.45, 2.75) is 135 Å². The summed E-state index contributed by atoms with van der Waals surface area (Å²) in [6.07, 6.45) is 16.9. The van der Waals surface area contributed by atoms with Crippen molar-refractivity contribution in [1.29, 1.82) is 0 Å². The molecule has 0 saturated heterocycles. The molecule has 0 aliphatic rings. The number of carboxylic acids is 2. The minimum absolute atomic E-state index is 0.106. The van der Waals surface area contributed by atoms with E-state index in [0.29, 0.717) is 9.86 Å². The minimum Gasteiger partial charge on any atom is -0.481 e. The second-order valence-corrected chi connectivity index (χ2v) is 12.4. The third kappa shape index (κ3) is 15.7. The van der Waals surface area contributed by atoms with Crippen LogP contribution in [0.25, 0.3) is 11.0 Å². The molecule has 256 valence electrons. The van der Waals surface area contributed by atoms with Gasteiger partial charge in [-0.25, -0.2) is 14.4 Å². The fourth-order valence-electron chi connectivity index (χ4n) is 5.09. The number of aliphatic carboxylic acids is 2. The summed E-state index contributed by atoms with van der Waals surface area (Å²) in [5.74, 6) is -2.83. The summed E-state index contributed by atoms with van der Waals surface area (Å²) in [6.45, 7) is 1.85. The highest BCUT2D eigenvalue weighted by molar-refractivity contribution is 9.10. The molecule has 1 amide bonds. The van der Waals surface area contributed by atoms with Crippen LogP contribution in [0.15, 0.2) is 31.9 Å². The number of hydrogen-bond acceptors (Lipinski definition) is 8. The molecule has 1 atom stereocenters. The van der Waals surface area contributed by atoms with Gasteiger partial charge in [0, 0.05) is 35.9 Å². The van der Waals surface area contributed by atoms with E-state index in [-0.39, 0.29) is 29.7 Å². The van der Waals surface area contributed by atoms with E-state index < -0.39 is 48.7 Å². The fourth-order valence-corrected chi connectivity index (χ4v) is 5.52. The summed E-state index contributed by atoms with van der Waals surface area (Å²) in [5, 5.41) is 20.5. The molecule has 0 spiro atoms. The topological polar surface area (TPSA) is 169 Å². The van der Waals surface area contributed by atoms with Crippen LogP contribution >= 0.6 is 15.9 Å². The molecule has 0 saturated carbocycles. The van der Waals surface area contributed by atoms with Crippen molar-refractivity contribution in [3.63, 3.8) is 0 Å². The molecule has 0 aliphatic carbocycles. The van der Waals surface area contributed by atoms with Gasteiger partial charge in [-0.05, 0) is 34.8 Å². The first-order valence-electron chi connectivity index (χ1n) is 16.5.